The number of amides is 1. The molecular formula is C12H14ClNO2. The number of carbonyl (C=O) groups is 1. The highest BCUT2D eigenvalue weighted by Crippen LogP contribution is 2.28. The molecule has 0 N–H and O–H groups in total. The fraction of sp³-hybridized carbons (Fsp3) is 0.417. The van der Waals surface area contributed by atoms with E-state index in [4.69, 9.17) is 16.3 Å². The third-order valence-corrected chi connectivity index (χ3v) is 3.00. The average Bonchev–Trinajstić information content (AvgIpc) is 2.36. The van der Waals surface area contributed by atoms with Crippen LogP contribution in [0, 0.1) is 0 Å². The van der Waals surface area contributed by atoms with Crippen molar-refractivity contribution < 1.29 is 9.53 Å². The van der Waals surface area contributed by atoms with Gasteiger partial charge in [-0.05, 0) is 36.6 Å². The Morgan fingerprint density at radius 3 is 3.12 bits per heavy atom. The standard InChI is InChI=1S/C12H14ClNO2/c1-14(12(15)8-13)10-4-5-11-9(7-10)3-2-6-16-11/h4-5,7H,2-3,6,8H2,1H3. The van der Waals surface area contributed by atoms with E-state index in [2.05, 4.69) is 0 Å². The number of nitrogens with zero attached hydrogens (tertiary/aromatic N) is 1. The topological polar surface area (TPSA) is 29.5 Å². The lowest BCUT2D eigenvalue weighted by Gasteiger charge is -2.21. The van der Waals surface area contributed by atoms with Crippen molar-refractivity contribution in [2.45, 2.75) is 12.8 Å². The Hall–Kier alpha value is -1.22. The van der Waals surface area contributed by atoms with E-state index in [0.717, 1.165) is 36.4 Å². The number of ether oxygens (including phenoxy) is 1. The number of halogens is 1. The smallest absolute Gasteiger partial charge is 0.241 e. The van der Waals surface area contributed by atoms with Gasteiger partial charge in [0.15, 0.2) is 0 Å². The van der Waals surface area contributed by atoms with Crippen molar-refractivity contribution in [3.63, 3.8) is 0 Å². The minimum Gasteiger partial charge on any atom is -0.493 e. The normalized spacial score (nSPS) is 13.9. The van der Waals surface area contributed by atoms with E-state index in [0.29, 0.717) is 0 Å². The molecule has 0 aliphatic carbocycles. The van der Waals surface area contributed by atoms with Crippen LogP contribution in [0.5, 0.6) is 5.75 Å². The van der Waals surface area contributed by atoms with Crippen LogP contribution in [0.3, 0.4) is 0 Å². The Labute approximate surface area is 100.0 Å². The average molecular weight is 240 g/mol. The molecule has 0 bridgehead atoms. The van der Waals surface area contributed by atoms with Gasteiger partial charge in [0.1, 0.15) is 11.6 Å². The van der Waals surface area contributed by atoms with Gasteiger partial charge in [-0.25, -0.2) is 0 Å². The molecule has 0 atom stereocenters. The van der Waals surface area contributed by atoms with Crippen molar-refractivity contribution >= 4 is 23.2 Å². The highest BCUT2D eigenvalue weighted by molar-refractivity contribution is 6.29. The molecule has 0 radical (unpaired) electrons. The van der Waals surface area contributed by atoms with Gasteiger partial charge in [-0.2, -0.15) is 0 Å². The monoisotopic (exact) mass is 239 g/mol. The molecule has 1 heterocycles. The molecule has 3 nitrogen and oxygen atoms in total. The van der Waals surface area contributed by atoms with Crippen LogP contribution in [-0.2, 0) is 11.2 Å². The van der Waals surface area contributed by atoms with Crippen molar-refractivity contribution in [3.8, 4) is 5.75 Å². The zero-order valence-electron chi connectivity index (χ0n) is 9.20. The molecule has 1 aliphatic rings. The number of anilines is 1. The molecule has 86 valence electrons. The van der Waals surface area contributed by atoms with Crippen LogP contribution in [0.15, 0.2) is 18.2 Å². The van der Waals surface area contributed by atoms with Gasteiger partial charge in [-0.15, -0.1) is 11.6 Å². The molecule has 16 heavy (non-hydrogen) atoms. The van der Waals surface area contributed by atoms with E-state index >= 15 is 0 Å². The van der Waals surface area contributed by atoms with Gasteiger partial charge >= 0.3 is 0 Å². The number of rotatable bonds is 2. The molecule has 4 heteroatoms. The summed E-state index contributed by atoms with van der Waals surface area (Å²) in [6.45, 7) is 0.781. The lowest BCUT2D eigenvalue weighted by molar-refractivity contribution is -0.116. The summed E-state index contributed by atoms with van der Waals surface area (Å²) in [6.07, 6.45) is 2.04. The molecule has 0 aromatic heterocycles. The summed E-state index contributed by atoms with van der Waals surface area (Å²) < 4.78 is 5.52. The number of benzene rings is 1. The number of hydrogen-bond acceptors (Lipinski definition) is 2. The molecule has 0 saturated heterocycles. The molecule has 1 aliphatic heterocycles. The maximum absolute atomic E-state index is 11.4. The largest absolute Gasteiger partial charge is 0.493 e. The number of aryl methyl sites for hydroxylation is 1. The highest BCUT2D eigenvalue weighted by Gasteiger charge is 2.14. The first-order chi connectivity index (χ1) is 7.72. The van der Waals surface area contributed by atoms with E-state index in [1.165, 1.54) is 0 Å². The Bertz CT molecular complexity index is 406. The van der Waals surface area contributed by atoms with Crippen LogP contribution in [0.1, 0.15) is 12.0 Å². The Morgan fingerprint density at radius 1 is 1.56 bits per heavy atom. The Kier molecular flexibility index (Phi) is 3.34. The summed E-state index contributed by atoms with van der Waals surface area (Å²) in [6, 6.07) is 5.80. The SMILES string of the molecule is CN(C(=O)CCl)c1ccc2c(c1)CCCO2. The first kappa shape index (κ1) is 11.3. The minimum absolute atomic E-state index is 0.00405. The number of alkyl halides is 1. The maximum atomic E-state index is 11.4. The van der Waals surface area contributed by atoms with Gasteiger partial charge in [-0.1, -0.05) is 0 Å². The summed E-state index contributed by atoms with van der Waals surface area (Å²) >= 11 is 5.52. The van der Waals surface area contributed by atoms with E-state index < -0.39 is 0 Å². The molecule has 0 spiro atoms. The quantitative estimate of drug-likeness (QED) is 0.741. The molecule has 1 aromatic rings. The fourth-order valence-corrected chi connectivity index (χ4v) is 1.97. The van der Waals surface area contributed by atoms with E-state index in [9.17, 15) is 4.79 Å². The van der Waals surface area contributed by atoms with Crippen LogP contribution < -0.4 is 9.64 Å². The third-order valence-electron chi connectivity index (χ3n) is 2.77. The second kappa shape index (κ2) is 4.74. The molecule has 1 aromatic carbocycles. The van der Waals surface area contributed by atoms with Crippen LogP contribution in [0.2, 0.25) is 0 Å². The fourth-order valence-electron chi connectivity index (χ4n) is 1.79. The lowest BCUT2D eigenvalue weighted by atomic mass is 10.1. The molecular weight excluding hydrogens is 226 g/mol. The summed E-state index contributed by atoms with van der Waals surface area (Å²) in [4.78, 5) is 13.0. The summed E-state index contributed by atoms with van der Waals surface area (Å²) in [7, 11) is 1.73. The van der Waals surface area contributed by atoms with Crippen molar-refractivity contribution in [2.75, 3.05) is 24.4 Å². The van der Waals surface area contributed by atoms with Crippen molar-refractivity contribution in [3.05, 3.63) is 23.8 Å². The molecule has 0 saturated carbocycles. The Morgan fingerprint density at radius 2 is 2.38 bits per heavy atom. The second-order valence-electron chi connectivity index (χ2n) is 3.83. The summed E-state index contributed by atoms with van der Waals surface area (Å²) in [5.41, 5.74) is 2.04. The van der Waals surface area contributed by atoms with Crippen molar-refractivity contribution in [1.29, 1.82) is 0 Å². The second-order valence-corrected chi connectivity index (χ2v) is 4.10. The highest BCUT2D eigenvalue weighted by atomic mass is 35.5. The molecule has 0 unspecified atom stereocenters. The van der Waals surface area contributed by atoms with E-state index in [-0.39, 0.29) is 11.8 Å². The van der Waals surface area contributed by atoms with Crippen LogP contribution in [0.25, 0.3) is 0 Å². The van der Waals surface area contributed by atoms with Gasteiger partial charge in [0.05, 0.1) is 6.61 Å². The molecule has 2 rings (SSSR count). The molecule has 1 amide bonds. The van der Waals surface area contributed by atoms with Crippen LogP contribution in [0.4, 0.5) is 5.69 Å². The van der Waals surface area contributed by atoms with Crippen LogP contribution in [-0.4, -0.2) is 25.4 Å². The third kappa shape index (κ3) is 2.14. The van der Waals surface area contributed by atoms with Gasteiger partial charge in [0, 0.05) is 12.7 Å². The summed E-state index contributed by atoms with van der Waals surface area (Å²) in [5, 5.41) is 0. The molecule has 0 fully saturated rings. The van der Waals surface area contributed by atoms with Gasteiger partial charge in [0.2, 0.25) is 5.91 Å². The lowest BCUT2D eigenvalue weighted by Crippen LogP contribution is -2.27. The predicted molar refractivity (Wildman–Crippen MR) is 64.4 cm³/mol. The van der Waals surface area contributed by atoms with Crippen LogP contribution >= 0.6 is 11.6 Å². The van der Waals surface area contributed by atoms with Crippen molar-refractivity contribution in [1.82, 2.24) is 0 Å². The zero-order valence-corrected chi connectivity index (χ0v) is 9.96. The Balaban J connectivity index is 2.26. The first-order valence-corrected chi connectivity index (χ1v) is 5.84. The van der Waals surface area contributed by atoms with Gasteiger partial charge in [0.25, 0.3) is 0 Å². The van der Waals surface area contributed by atoms with Gasteiger partial charge < -0.3 is 9.64 Å². The number of carbonyl (C=O) groups excluding carboxylic acids is 1. The maximum Gasteiger partial charge on any atom is 0.241 e. The predicted octanol–water partition coefficient (Wildman–Crippen LogP) is 2.21. The van der Waals surface area contributed by atoms with E-state index in [1.807, 2.05) is 18.2 Å². The zero-order chi connectivity index (χ0) is 11.5. The number of hydrogen-bond donors (Lipinski definition) is 0. The summed E-state index contributed by atoms with van der Waals surface area (Å²) in [5.74, 6) is 0.837. The number of fused-ring (bicyclic) bond motifs is 1. The van der Waals surface area contributed by atoms with Gasteiger partial charge in [-0.3, -0.25) is 4.79 Å². The van der Waals surface area contributed by atoms with E-state index in [1.54, 1.807) is 11.9 Å². The first-order valence-electron chi connectivity index (χ1n) is 5.30. The van der Waals surface area contributed by atoms with Crippen molar-refractivity contribution in [2.24, 2.45) is 0 Å². The minimum atomic E-state index is -0.0988.